The van der Waals surface area contributed by atoms with Gasteiger partial charge >= 0.3 is 17.9 Å². The van der Waals surface area contributed by atoms with Crippen LogP contribution in [0.4, 0.5) is 0 Å². The summed E-state index contributed by atoms with van der Waals surface area (Å²) >= 11 is 0. The number of aliphatic hydroxyl groups is 10. The highest BCUT2D eigenvalue weighted by Crippen LogP contribution is 2.36. The minimum absolute atomic E-state index is 0.0643. The van der Waals surface area contributed by atoms with Crippen molar-refractivity contribution in [1.29, 1.82) is 0 Å². The third-order valence-electron chi connectivity index (χ3n) is 14.8. The summed E-state index contributed by atoms with van der Waals surface area (Å²) in [6, 6.07) is 0. The van der Waals surface area contributed by atoms with E-state index in [1.165, 1.54) is 0 Å². The molecule has 0 aromatic carbocycles. The normalized spacial score (nSPS) is 38.0. The van der Waals surface area contributed by atoms with Crippen molar-refractivity contribution in [3.05, 3.63) is 59.8 Å². The Kier molecular flexibility index (Phi) is 31.1. The van der Waals surface area contributed by atoms with Crippen LogP contribution in [0.1, 0.15) is 145 Å². The van der Waals surface area contributed by atoms with Crippen LogP contribution in [0.2, 0.25) is 0 Å². The van der Waals surface area contributed by atoms with Crippen LogP contribution in [0.25, 0.3) is 0 Å². The number of carbonyl (C=O) groups is 3. The van der Waals surface area contributed by atoms with Gasteiger partial charge in [-0.05, 0) is 82.6 Å². The maximum atomic E-state index is 13.6. The number of aliphatic imine (C=N–C) groups is 1. The third kappa shape index (κ3) is 25.2. The molecule has 436 valence electrons. The monoisotopic (exact) mass is 1080 g/mol. The molecule has 2 rings (SSSR count). The second kappa shape index (κ2) is 34.7. The molecule has 0 unspecified atom stereocenters. The van der Waals surface area contributed by atoms with E-state index in [1.807, 2.05) is 19.9 Å². The molecule has 0 amide bonds. The van der Waals surface area contributed by atoms with Gasteiger partial charge in [0.1, 0.15) is 24.7 Å². The molecule has 20 nitrogen and oxygen atoms in total. The number of carboxylic acid groups (broad SMARTS) is 1. The Morgan fingerprint density at radius 1 is 0.816 bits per heavy atom. The first-order chi connectivity index (χ1) is 35.7. The van der Waals surface area contributed by atoms with E-state index in [-0.39, 0.29) is 63.2 Å². The fraction of sp³-hybridized carbons (Fsp3) is 0.750. The van der Waals surface area contributed by atoms with E-state index >= 15 is 0 Å². The molecule has 0 saturated carbocycles. The lowest BCUT2D eigenvalue weighted by atomic mass is 9.84. The molecule has 0 aromatic heterocycles. The van der Waals surface area contributed by atoms with Crippen molar-refractivity contribution in [2.75, 3.05) is 13.6 Å². The predicted molar refractivity (Wildman–Crippen MR) is 287 cm³/mol. The van der Waals surface area contributed by atoms with E-state index in [1.54, 1.807) is 72.0 Å². The molecule has 14 N–H and O–H groups in total. The molecule has 1 saturated heterocycles. The number of nitrogens with one attached hydrogen (secondary N) is 1. The zero-order chi connectivity index (χ0) is 57.3. The number of allylic oxidation sites excluding steroid dienone is 6. The highest BCUT2D eigenvalue weighted by molar-refractivity contribution is 5.90. The van der Waals surface area contributed by atoms with E-state index < -0.39 is 128 Å². The van der Waals surface area contributed by atoms with E-state index in [2.05, 4.69) is 22.5 Å². The number of unbranched alkanes of at least 4 members (excludes halogenated alkanes) is 2. The summed E-state index contributed by atoms with van der Waals surface area (Å²) in [6.07, 6.45) is 1.04. The van der Waals surface area contributed by atoms with Crippen LogP contribution in [0, 0.1) is 29.6 Å². The number of rotatable bonds is 12. The van der Waals surface area contributed by atoms with Crippen molar-refractivity contribution in [1.82, 2.24) is 5.32 Å². The Morgan fingerprint density at radius 3 is 2.11 bits per heavy atom. The molecule has 2 heterocycles. The largest absolute Gasteiger partial charge is 0.481 e. The Labute approximate surface area is 450 Å². The minimum atomic E-state index is -2.52. The van der Waals surface area contributed by atoms with Gasteiger partial charge < -0.3 is 81.4 Å². The minimum Gasteiger partial charge on any atom is -0.481 e. The van der Waals surface area contributed by atoms with Crippen LogP contribution < -0.4 is 11.1 Å². The first-order valence-electron chi connectivity index (χ1n) is 27.1. The molecule has 0 radical (unpaired) electrons. The van der Waals surface area contributed by atoms with Gasteiger partial charge in [-0.2, -0.15) is 0 Å². The second-order valence-corrected chi connectivity index (χ2v) is 21.6. The van der Waals surface area contributed by atoms with Crippen LogP contribution in [0.15, 0.2) is 64.7 Å². The van der Waals surface area contributed by atoms with Crippen molar-refractivity contribution in [3.8, 4) is 0 Å². The fourth-order valence-electron chi connectivity index (χ4n) is 9.44. The number of nitrogens with zero attached hydrogens (tertiary/aromatic N) is 1. The number of esters is 2. The Morgan fingerprint density at radius 2 is 1.45 bits per heavy atom. The van der Waals surface area contributed by atoms with Gasteiger partial charge in [0.25, 0.3) is 0 Å². The van der Waals surface area contributed by atoms with E-state index in [9.17, 15) is 70.6 Å². The van der Waals surface area contributed by atoms with Crippen molar-refractivity contribution in [3.63, 3.8) is 0 Å². The molecule has 2 bridgehead atoms. The predicted octanol–water partition coefficient (Wildman–Crippen LogP) is 3.37. The van der Waals surface area contributed by atoms with Crippen LogP contribution in [0.5, 0.6) is 0 Å². The van der Waals surface area contributed by atoms with Crippen molar-refractivity contribution in [2.45, 2.75) is 224 Å². The van der Waals surface area contributed by atoms with Gasteiger partial charge in [0, 0.05) is 75.4 Å². The van der Waals surface area contributed by atoms with Crippen LogP contribution in [0.3, 0.4) is 0 Å². The Hall–Kier alpha value is -4.06. The summed E-state index contributed by atoms with van der Waals surface area (Å²) in [4.78, 5) is 41.4. The number of aliphatic hydroxyl groups excluding tert-OH is 9. The quantitative estimate of drug-likeness (QED) is 0.0333. The highest BCUT2D eigenvalue weighted by Gasteiger charge is 2.50. The van der Waals surface area contributed by atoms with E-state index in [0.717, 1.165) is 32.1 Å². The van der Waals surface area contributed by atoms with E-state index in [4.69, 9.17) is 19.9 Å². The van der Waals surface area contributed by atoms with Gasteiger partial charge in [-0.1, -0.05) is 83.2 Å². The Bertz CT molecular complexity index is 1930. The topological polar surface area (TPSA) is 352 Å². The highest BCUT2D eigenvalue weighted by atomic mass is 16.7. The molecule has 20 heteroatoms. The van der Waals surface area contributed by atoms with E-state index in [0.29, 0.717) is 23.7 Å². The number of guanidine groups is 1. The van der Waals surface area contributed by atoms with Gasteiger partial charge in [0.2, 0.25) is 0 Å². The summed E-state index contributed by atoms with van der Waals surface area (Å²) in [6.45, 7) is 13.0. The van der Waals surface area contributed by atoms with Crippen LogP contribution >= 0.6 is 0 Å². The molecule has 2 aliphatic heterocycles. The van der Waals surface area contributed by atoms with Crippen molar-refractivity contribution in [2.24, 2.45) is 40.3 Å². The number of cyclic esters (lactones) is 1. The first kappa shape index (κ1) is 68.0. The van der Waals surface area contributed by atoms with Gasteiger partial charge in [-0.15, -0.1) is 0 Å². The first-order valence-corrected chi connectivity index (χ1v) is 27.1. The number of ether oxygens (including phenoxy) is 3. The van der Waals surface area contributed by atoms with Crippen LogP contribution in [-0.4, -0.2) is 173 Å². The molecular formula is C56H95N3O17. The SMILES string of the molecule is CN=C(N)NCCC/C=C/CCC[C@@H](C)[C@H]1OC(=O)/C(C)=C\C=C\[C@H](C)[C@@H](O)C[C@H](O)[C@@H](C)[C@H](O)CC[C@H](C)[C@@H](O)C[C@]2(O)O[C@H](C[C@H](OC(=O)CC(=O)O)C[C@H](O)C[C@@H](O)C[C@H](O)/C(C)=C\C=C/[C@H]1C)C[C@@H](O)[C@@H]2O. The second-order valence-electron chi connectivity index (χ2n) is 21.6. The lowest BCUT2D eigenvalue weighted by Crippen LogP contribution is -2.60. The Balaban J connectivity index is 2.43. The van der Waals surface area contributed by atoms with Gasteiger partial charge in [0.15, 0.2) is 11.7 Å². The number of hydrogen-bond acceptors (Lipinski definition) is 17. The summed E-state index contributed by atoms with van der Waals surface area (Å²) in [7, 11) is 1.62. The molecular weight excluding hydrogens is 987 g/mol. The molecule has 76 heavy (non-hydrogen) atoms. The molecule has 0 spiro atoms. The molecule has 2 aliphatic rings. The molecule has 0 aromatic rings. The summed E-state index contributed by atoms with van der Waals surface area (Å²) in [5, 5.41) is 123. The summed E-state index contributed by atoms with van der Waals surface area (Å²) < 4.78 is 17.5. The molecule has 18 atom stereocenters. The van der Waals surface area contributed by atoms with Gasteiger partial charge in [0.05, 0.1) is 54.9 Å². The number of aliphatic carboxylic acids is 1. The van der Waals surface area contributed by atoms with Gasteiger partial charge in [-0.25, -0.2) is 4.79 Å². The smallest absolute Gasteiger partial charge is 0.334 e. The average Bonchev–Trinajstić information content (AvgIpc) is 3.34. The zero-order valence-electron chi connectivity index (χ0n) is 46.1. The van der Waals surface area contributed by atoms with Crippen LogP contribution in [-0.2, 0) is 28.6 Å². The zero-order valence-corrected chi connectivity index (χ0v) is 46.1. The fourth-order valence-corrected chi connectivity index (χ4v) is 9.44. The molecule has 0 aliphatic carbocycles. The summed E-state index contributed by atoms with van der Waals surface area (Å²) in [5.41, 5.74) is 6.49. The number of nitrogens with two attached hydrogens (primary N) is 1. The third-order valence-corrected chi connectivity index (χ3v) is 14.8. The number of carbonyl (C=O) groups excluding carboxylic acids is 2. The van der Waals surface area contributed by atoms with Gasteiger partial charge in [-0.3, -0.25) is 14.6 Å². The number of hydrogen-bond donors (Lipinski definition) is 13. The summed E-state index contributed by atoms with van der Waals surface area (Å²) in [5.74, 6) is -7.41. The van der Waals surface area contributed by atoms with Crippen molar-refractivity contribution >= 4 is 23.9 Å². The molecule has 1 fully saturated rings. The maximum Gasteiger partial charge on any atom is 0.334 e. The lowest BCUT2D eigenvalue weighted by molar-refractivity contribution is -0.333. The lowest BCUT2D eigenvalue weighted by Gasteiger charge is -2.45. The average molecular weight is 1080 g/mol. The number of carboxylic acids is 1. The number of fused-ring (bicyclic) bond motifs is 2. The van der Waals surface area contributed by atoms with Crippen molar-refractivity contribution < 1.29 is 84.8 Å². The standard InChI is InChI=1S/C56H95N3O17/c1-33-18-15-20-37(5)52(36(4)17-13-11-9-10-12-14-24-59-55(57)58-8)75-54(72)38(6)21-16-19-34(2)46(64)30-47(65)39(7)44(62)23-22-35(3)49(67)32-56(73)53(71)48(66)29-43(76-56)28-42(74-51(70)31-50(68)69)26-40(60)25-41(61)27-45(33)63/h9-10,15-16,18-21,34-37,39-49,52-53,60-67,71,73H,11-14,17,22-32H2,1-8H3,(H,68,69)(H3,57,58,59)/b10-9+,19-16+,20-15-,33-18-,38-21-/t34-,35-,36+,37+,39-,40+,41+,42+,43+,44+,45-,46-,47-,48+,49-,52+,53-,56-/m0/s1. The maximum absolute atomic E-state index is 13.6.